The number of hydrogen-bond donors (Lipinski definition) is 1. The number of methoxy groups -OCH3 is 1. The molecule has 0 saturated carbocycles. The van der Waals surface area contributed by atoms with Gasteiger partial charge < -0.3 is 14.6 Å². The maximum atomic E-state index is 12.8. The maximum absolute atomic E-state index is 12.8. The van der Waals surface area contributed by atoms with Gasteiger partial charge in [-0.1, -0.05) is 6.07 Å². The largest absolute Gasteiger partial charge is 0.469 e. The van der Waals surface area contributed by atoms with Crippen molar-refractivity contribution in [2.45, 2.75) is 22.5 Å². The number of aryl methyl sites for hydroxylation is 1. The van der Waals surface area contributed by atoms with Crippen molar-refractivity contribution in [2.75, 3.05) is 7.11 Å². The molecule has 0 radical (unpaired) electrons. The van der Waals surface area contributed by atoms with Crippen molar-refractivity contribution in [3.63, 3.8) is 0 Å². The van der Waals surface area contributed by atoms with Gasteiger partial charge in [0.15, 0.2) is 5.16 Å². The molecule has 0 spiro atoms. The number of hydrogen-bond acceptors (Lipinski definition) is 9. The highest BCUT2D eigenvalue weighted by Gasteiger charge is 2.24. The molecule has 1 amide bonds. The van der Waals surface area contributed by atoms with Crippen LogP contribution in [0.1, 0.15) is 27.7 Å². The van der Waals surface area contributed by atoms with Gasteiger partial charge in [-0.25, -0.2) is 0 Å². The zero-order valence-corrected chi connectivity index (χ0v) is 17.6. The lowest BCUT2D eigenvalue weighted by molar-refractivity contribution is -0.387. The Morgan fingerprint density at radius 3 is 2.80 bits per heavy atom. The highest BCUT2D eigenvalue weighted by molar-refractivity contribution is 7.99. The molecule has 0 saturated heterocycles. The van der Waals surface area contributed by atoms with Gasteiger partial charge in [0.1, 0.15) is 6.33 Å². The molecule has 10 nitrogen and oxygen atoms in total. The van der Waals surface area contributed by atoms with Crippen LogP contribution in [0.25, 0.3) is 0 Å². The average molecular weight is 447 g/mol. The van der Waals surface area contributed by atoms with Crippen molar-refractivity contribution in [1.82, 2.24) is 20.1 Å². The van der Waals surface area contributed by atoms with Gasteiger partial charge in [0, 0.05) is 23.6 Å². The van der Waals surface area contributed by atoms with Gasteiger partial charge in [0.05, 0.1) is 29.4 Å². The summed E-state index contributed by atoms with van der Waals surface area (Å²) in [6.07, 6.45) is 1.44. The lowest BCUT2D eigenvalue weighted by Gasteiger charge is -2.16. The van der Waals surface area contributed by atoms with Crippen molar-refractivity contribution < 1.29 is 19.2 Å². The minimum atomic E-state index is -0.600. The van der Waals surface area contributed by atoms with Gasteiger partial charge in [-0.05, 0) is 35.3 Å². The Kier molecular flexibility index (Phi) is 6.79. The van der Waals surface area contributed by atoms with E-state index in [9.17, 15) is 19.7 Å². The summed E-state index contributed by atoms with van der Waals surface area (Å²) in [4.78, 5) is 36.6. The number of amides is 1. The topological polar surface area (TPSA) is 129 Å². The van der Waals surface area contributed by atoms with Crippen LogP contribution in [0.15, 0.2) is 52.1 Å². The summed E-state index contributed by atoms with van der Waals surface area (Å²) in [6.45, 7) is 0. The van der Waals surface area contributed by atoms with E-state index in [-0.39, 0.29) is 17.7 Å². The molecule has 0 bridgehead atoms. The van der Waals surface area contributed by atoms with E-state index >= 15 is 0 Å². The Morgan fingerprint density at radius 1 is 1.40 bits per heavy atom. The number of thiophene rings is 1. The number of carbonyl (C=O) groups excluding carboxylic acids is 2. The predicted octanol–water partition coefficient (Wildman–Crippen LogP) is 2.97. The number of nitrogens with one attached hydrogen (secondary N) is 1. The number of nitro benzene ring substituents is 1. The van der Waals surface area contributed by atoms with Crippen LogP contribution in [0.2, 0.25) is 0 Å². The standard InChI is InChI=1S/C18H17N5O5S2/c1-22-10-19-21-18(22)30-15-6-5-11(8-13(15)23(26)27)17(25)20-12(9-16(24)28-2)14-4-3-7-29-14/h3-8,10,12H,9H2,1-2H3,(H,20,25). The number of nitrogens with zero attached hydrogens (tertiary/aromatic N) is 4. The molecule has 2 aromatic heterocycles. The van der Waals surface area contributed by atoms with E-state index in [0.717, 1.165) is 16.6 Å². The Bertz CT molecular complexity index is 1070. The number of esters is 1. The Labute approximate surface area is 179 Å². The Balaban J connectivity index is 1.84. The molecular formula is C18H17N5O5S2. The summed E-state index contributed by atoms with van der Waals surface area (Å²) < 4.78 is 6.33. The molecular weight excluding hydrogens is 430 g/mol. The Morgan fingerprint density at radius 2 is 2.20 bits per heavy atom. The smallest absolute Gasteiger partial charge is 0.307 e. The lowest BCUT2D eigenvalue weighted by atomic mass is 10.1. The average Bonchev–Trinajstić information content (AvgIpc) is 3.40. The molecule has 156 valence electrons. The summed E-state index contributed by atoms with van der Waals surface area (Å²) in [5.41, 5.74) is -0.119. The third-order valence-corrected chi connectivity index (χ3v) is 6.18. The molecule has 30 heavy (non-hydrogen) atoms. The second-order valence-corrected chi connectivity index (χ2v) is 8.08. The highest BCUT2D eigenvalue weighted by Crippen LogP contribution is 2.34. The second-order valence-electron chi connectivity index (χ2n) is 6.09. The molecule has 3 rings (SSSR count). The van der Waals surface area contributed by atoms with Gasteiger partial charge in [0.2, 0.25) is 0 Å². The van der Waals surface area contributed by atoms with Crippen molar-refractivity contribution in [3.05, 3.63) is 62.6 Å². The lowest BCUT2D eigenvalue weighted by Crippen LogP contribution is -2.30. The summed E-state index contributed by atoms with van der Waals surface area (Å²) >= 11 is 2.46. The SMILES string of the molecule is COC(=O)CC(NC(=O)c1ccc(Sc2nncn2C)c([N+](=O)[O-])c1)c1cccs1. The molecule has 2 heterocycles. The zero-order valence-electron chi connectivity index (χ0n) is 16.0. The zero-order chi connectivity index (χ0) is 21.7. The first-order chi connectivity index (χ1) is 14.4. The first-order valence-corrected chi connectivity index (χ1v) is 10.3. The number of nitro groups is 1. The van der Waals surface area contributed by atoms with E-state index in [0.29, 0.717) is 10.1 Å². The number of carbonyl (C=O) groups is 2. The van der Waals surface area contributed by atoms with Crippen LogP contribution in [-0.4, -0.2) is 38.7 Å². The first-order valence-electron chi connectivity index (χ1n) is 8.60. The van der Waals surface area contributed by atoms with Crippen molar-refractivity contribution in [3.8, 4) is 0 Å². The molecule has 0 aliphatic rings. The monoisotopic (exact) mass is 447 g/mol. The molecule has 1 unspecified atom stereocenters. The van der Waals surface area contributed by atoms with Crippen molar-refractivity contribution in [1.29, 1.82) is 0 Å². The summed E-state index contributed by atoms with van der Waals surface area (Å²) in [5, 5.41) is 24.3. The van der Waals surface area contributed by atoms with Crippen LogP contribution in [-0.2, 0) is 16.6 Å². The fraction of sp³-hybridized carbons (Fsp3) is 0.222. The normalized spacial score (nSPS) is 11.7. The number of aromatic nitrogens is 3. The molecule has 12 heteroatoms. The minimum Gasteiger partial charge on any atom is -0.469 e. The van der Waals surface area contributed by atoms with E-state index < -0.39 is 22.8 Å². The molecule has 1 N–H and O–H groups in total. The summed E-state index contributed by atoms with van der Waals surface area (Å²) in [5.74, 6) is -1.01. The Hall–Kier alpha value is -3.25. The molecule has 0 fully saturated rings. The fourth-order valence-electron chi connectivity index (χ4n) is 2.55. The third kappa shape index (κ3) is 5.02. The molecule has 1 aromatic carbocycles. The molecule has 1 atom stereocenters. The van der Waals surface area contributed by atoms with Gasteiger partial charge in [0.25, 0.3) is 11.6 Å². The van der Waals surface area contributed by atoms with Crippen LogP contribution in [0.5, 0.6) is 0 Å². The summed E-state index contributed by atoms with van der Waals surface area (Å²) in [7, 11) is 2.99. The molecule has 0 aliphatic heterocycles. The summed E-state index contributed by atoms with van der Waals surface area (Å²) in [6, 6.07) is 7.19. The van der Waals surface area contributed by atoms with Gasteiger partial charge in [-0.2, -0.15) is 0 Å². The fourth-order valence-corrected chi connectivity index (χ4v) is 4.18. The van der Waals surface area contributed by atoms with Crippen molar-refractivity contribution >= 4 is 40.7 Å². The van der Waals surface area contributed by atoms with E-state index in [1.54, 1.807) is 23.7 Å². The highest BCUT2D eigenvalue weighted by atomic mass is 32.2. The van der Waals surface area contributed by atoms with Crippen LogP contribution in [0, 0.1) is 10.1 Å². The molecule has 3 aromatic rings. The predicted molar refractivity (Wildman–Crippen MR) is 109 cm³/mol. The maximum Gasteiger partial charge on any atom is 0.307 e. The number of rotatable bonds is 8. The van der Waals surface area contributed by atoms with Gasteiger partial charge in [-0.15, -0.1) is 21.5 Å². The van der Waals surface area contributed by atoms with E-state index in [1.165, 1.54) is 43.0 Å². The van der Waals surface area contributed by atoms with Gasteiger partial charge in [-0.3, -0.25) is 19.7 Å². The van der Waals surface area contributed by atoms with E-state index in [1.807, 2.05) is 5.38 Å². The van der Waals surface area contributed by atoms with Gasteiger partial charge >= 0.3 is 5.97 Å². The van der Waals surface area contributed by atoms with Crippen LogP contribution in [0.4, 0.5) is 5.69 Å². The first kappa shape index (κ1) is 21.5. The quantitative estimate of drug-likeness (QED) is 0.317. The van der Waals surface area contributed by atoms with E-state index in [2.05, 4.69) is 15.5 Å². The van der Waals surface area contributed by atoms with Crippen LogP contribution >= 0.6 is 23.1 Å². The van der Waals surface area contributed by atoms with E-state index in [4.69, 9.17) is 4.74 Å². The third-order valence-electron chi connectivity index (χ3n) is 4.08. The number of ether oxygens (including phenoxy) is 1. The van der Waals surface area contributed by atoms with Crippen LogP contribution < -0.4 is 5.32 Å². The minimum absolute atomic E-state index is 0.0507. The van der Waals surface area contributed by atoms with Crippen LogP contribution in [0.3, 0.4) is 0 Å². The second kappa shape index (κ2) is 9.50. The van der Waals surface area contributed by atoms with Crippen molar-refractivity contribution in [2.24, 2.45) is 7.05 Å². The molecule has 0 aliphatic carbocycles. The number of benzene rings is 1.